The fraction of sp³-hybridized carbons (Fsp3) is 0. The molecule has 0 aliphatic carbocycles. The predicted octanol–water partition coefficient (Wildman–Crippen LogP) is 5.81. The Balaban J connectivity index is 1.41. The molecule has 0 fully saturated rings. The standard InChI is InChI=1S/C26H19FN4O3S/c27-21-8-6-19(7-9-21)20-2-1-3-25(16-20)35(33,34)31-24-14-12-23(13-15-24)30-26(32)29-22-10-4-18(17-28)5-11-22/h1-16,31H,(H2,29,30,32). The first-order valence-electron chi connectivity index (χ1n) is 10.4. The number of sulfonamides is 1. The Hall–Kier alpha value is -4.68. The zero-order valence-electron chi connectivity index (χ0n) is 18.2. The van der Waals surface area contributed by atoms with Gasteiger partial charge in [-0.3, -0.25) is 4.72 Å². The van der Waals surface area contributed by atoms with Crippen molar-refractivity contribution < 1.29 is 17.6 Å². The summed E-state index contributed by atoms with van der Waals surface area (Å²) >= 11 is 0. The van der Waals surface area contributed by atoms with Gasteiger partial charge in [0.2, 0.25) is 0 Å². The maximum atomic E-state index is 13.2. The summed E-state index contributed by atoms with van der Waals surface area (Å²) in [5, 5.41) is 14.1. The van der Waals surface area contributed by atoms with Crippen molar-refractivity contribution in [3.63, 3.8) is 0 Å². The highest BCUT2D eigenvalue weighted by molar-refractivity contribution is 7.92. The van der Waals surface area contributed by atoms with E-state index in [1.807, 2.05) is 6.07 Å². The molecular formula is C26H19FN4O3S. The molecule has 0 saturated heterocycles. The van der Waals surface area contributed by atoms with Crippen LogP contribution in [0.5, 0.6) is 0 Å². The number of anilines is 3. The van der Waals surface area contributed by atoms with Gasteiger partial charge in [0.15, 0.2) is 0 Å². The highest BCUT2D eigenvalue weighted by Gasteiger charge is 2.15. The summed E-state index contributed by atoms with van der Waals surface area (Å²) in [6.45, 7) is 0. The molecule has 7 nitrogen and oxygen atoms in total. The summed E-state index contributed by atoms with van der Waals surface area (Å²) < 4.78 is 41.5. The highest BCUT2D eigenvalue weighted by atomic mass is 32.2. The predicted molar refractivity (Wildman–Crippen MR) is 133 cm³/mol. The van der Waals surface area contributed by atoms with Crippen molar-refractivity contribution in [2.45, 2.75) is 4.90 Å². The summed E-state index contributed by atoms with van der Waals surface area (Å²) in [4.78, 5) is 12.2. The van der Waals surface area contributed by atoms with Crippen LogP contribution in [0.1, 0.15) is 5.56 Å². The molecule has 0 aliphatic heterocycles. The molecule has 35 heavy (non-hydrogen) atoms. The van der Waals surface area contributed by atoms with E-state index in [0.717, 1.165) is 0 Å². The lowest BCUT2D eigenvalue weighted by atomic mass is 10.1. The SMILES string of the molecule is N#Cc1ccc(NC(=O)Nc2ccc(NS(=O)(=O)c3cccc(-c4ccc(F)cc4)c3)cc2)cc1. The molecule has 2 amide bonds. The fourth-order valence-electron chi connectivity index (χ4n) is 3.24. The summed E-state index contributed by atoms with van der Waals surface area (Å²) in [5.74, 6) is -0.371. The van der Waals surface area contributed by atoms with E-state index in [1.165, 1.54) is 36.4 Å². The maximum Gasteiger partial charge on any atom is 0.323 e. The van der Waals surface area contributed by atoms with Crippen LogP contribution < -0.4 is 15.4 Å². The number of hydrogen-bond acceptors (Lipinski definition) is 4. The summed E-state index contributed by atoms with van der Waals surface area (Å²) in [6.07, 6.45) is 0. The number of nitrogens with one attached hydrogen (secondary N) is 3. The van der Waals surface area contributed by atoms with Gasteiger partial charge in [-0.05, 0) is 83.9 Å². The van der Waals surface area contributed by atoms with Crippen LogP contribution in [-0.4, -0.2) is 14.4 Å². The van der Waals surface area contributed by atoms with Crippen molar-refractivity contribution in [1.29, 1.82) is 5.26 Å². The van der Waals surface area contributed by atoms with Crippen LogP contribution in [0.2, 0.25) is 0 Å². The Morgan fingerprint density at radius 3 is 1.91 bits per heavy atom. The van der Waals surface area contributed by atoms with Crippen LogP contribution in [0.4, 0.5) is 26.2 Å². The number of hydrogen-bond donors (Lipinski definition) is 3. The molecule has 9 heteroatoms. The largest absolute Gasteiger partial charge is 0.323 e. The van der Waals surface area contributed by atoms with Gasteiger partial charge in [-0.25, -0.2) is 17.6 Å². The molecule has 0 atom stereocenters. The van der Waals surface area contributed by atoms with Gasteiger partial charge in [0.05, 0.1) is 16.5 Å². The van der Waals surface area contributed by atoms with E-state index in [2.05, 4.69) is 15.4 Å². The number of nitriles is 1. The molecule has 0 saturated carbocycles. The van der Waals surface area contributed by atoms with Gasteiger partial charge in [-0.2, -0.15) is 5.26 Å². The molecule has 174 valence electrons. The molecule has 4 aromatic rings. The molecule has 0 aromatic heterocycles. The van der Waals surface area contributed by atoms with Crippen LogP contribution in [0.15, 0.2) is 102 Å². The van der Waals surface area contributed by atoms with Crippen molar-refractivity contribution in [3.8, 4) is 17.2 Å². The Bertz CT molecular complexity index is 1500. The number of carbonyl (C=O) groups is 1. The van der Waals surface area contributed by atoms with E-state index in [0.29, 0.717) is 33.8 Å². The highest BCUT2D eigenvalue weighted by Crippen LogP contribution is 2.25. The van der Waals surface area contributed by atoms with Crippen molar-refractivity contribution in [3.05, 3.63) is 108 Å². The number of urea groups is 1. The van der Waals surface area contributed by atoms with Gasteiger partial charge < -0.3 is 10.6 Å². The monoisotopic (exact) mass is 486 g/mol. The molecule has 0 bridgehead atoms. The molecule has 0 radical (unpaired) electrons. The second-order valence-corrected chi connectivity index (χ2v) is 9.17. The minimum atomic E-state index is -3.88. The van der Waals surface area contributed by atoms with Gasteiger partial charge in [0.25, 0.3) is 10.0 Å². The number of halogens is 1. The second kappa shape index (κ2) is 10.1. The lowest BCUT2D eigenvalue weighted by Crippen LogP contribution is -2.19. The van der Waals surface area contributed by atoms with Crippen molar-refractivity contribution in [2.75, 3.05) is 15.4 Å². The normalized spacial score (nSPS) is 10.7. The number of carbonyl (C=O) groups excluding carboxylic acids is 1. The van der Waals surface area contributed by atoms with Crippen molar-refractivity contribution >= 4 is 33.1 Å². The van der Waals surface area contributed by atoms with Crippen LogP contribution >= 0.6 is 0 Å². The Kier molecular flexibility index (Phi) is 6.76. The third kappa shape index (κ3) is 6.01. The molecule has 0 unspecified atom stereocenters. The second-order valence-electron chi connectivity index (χ2n) is 7.49. The Labute approximate surface area is 201 Å². The number of benzene rings is 4. The van der Waals surface area contributed by atoms with Gasteiger partial charge in [-0.1, -0.05) is 24.3 Å². The van der Waals surface area contributed by atoms with Crippen LogP contribution in [0.25, 0.3) is 11.1 Å². The lowest BCUT2D eigenvalue weighted by Gasteiger charge is -2.11. The summed E-state index contributed by atoms with van der Waals surface area (Å²) in [6, 6.07) is 26.2. The van der Waals surface area contributed by atoms with E-state index in [1.54, 1.807) is 60.7 Å². The average molecular weight is 487 g/mol. The first-order valence-corrected chi connectivity index (χ1v) is 11.9. The topological polar surface area (TPSA) is 111 Å². The molecule has 3 N–H and O–H groups in total. The smallest absolute Gasteiger partial charge is 0.308 e. The zero-order chi connectivity index (χ0) is 24.8. The Morgan fingerprint density at radius 2 is 1.31 bits per heavy atom. The van der Waals surface area contributed by atoms with E-state index in [9.17, 15) is 17.6 Å². The first-order chi connectivity index (χ1) is 16.8. The van der Waals surface area contributed by atoms with Crippen LogP contribution in [-0.2, 0) is 10.0 Å². The third-order valence-electron chi connectivity index (χ3n) is 4.99. The van der Waals surface area contributed by atoms with E-state index >= 15 is 0 Å². The maximum absolute atomic E-state index is 13.2. The van der Waals surface area contributed by atoms with E-state index in [4.69, 9.17) is 5.26 Å². The number of rotatable bonds is 6. The van der Waals surface area contributed by atoms with Gasteiger partial charge in [0, 0.05) is 17.1 Å². The van der Waals surface area contributed by atoms with E-state index in [-0.39, 0.29) is 10.7 Å². The molecule has 0 heterocycles. The fourth-order valence-corrected chi connectivity index (χ4v) is 4.35. The molecule has 0 aliphatic rings. The quantitative estimate of drug-likeness (QED) is 0.319. The molecule has 4 rings (SSSR count). The Morgan fingerprint density at radius 1 is 0.743 bits per heavy atom. The molecule has 0 spiro atoms. The van der Waals surface area contributed by atoms with Crippen molar-refractivity contribution in [1.82, 2.24) is 0 Å². The average Bonchev–Trinajstić information content (AvgIpc) is 2.86. The first kappa shape index (κ1) is 23.5. The van der Waals surface area contributed by atoms with Gasteiger partial charge in [-0.15, -0.1) is 0 Å². The van der Waals surface area contributed by atoms with Crippen LogP contribution in [0, 0.1) is 17.1 Å². The van der Waals surface area contributed by atoms with Crippen molar-refractivity contribution in [2.24, 2.45) is 0 Å². The van der Waals surface area contributed by atoms with Gasteiger partial charge >= 0.3 is 6.03 Å². The zero-order valence-corrected chi connectivity index (χ0v) is 19.0. The lowest BCUT2D eigenvalue weighted by molar-refractivity contribution is 0.262. The van der Waals surface area contributed by atoms with E-state index < -0.39 is 16.1 Å². The number of amides is 2. The third-order valence-corrected chi connectivity index (χ3v) is 6.37. The minimum absolute atomic E-state index is 0.0586. The molecular weight excluding hydrogens is 467 g/mol. The number of nitrogens with zero attached hydrogens (tertiary/aromatic N) is 1. The van der Waals surface area contributed by atoms with Crippen LogP contribution in [0.3, 0.4) is 0 Å². The molecule has 4 aromatic carbocycles. The van der Waals surface area contributed by atoms with Gasteiger partial charge in [0.1, 0.15) is 5.82 Å². The minimum Gasteiger partial charge on any atom is -0.308 e. The summed E-state index contributed by atoms with van der Waals surface area (Å²) in [7, 11) is -3.88. The summed E-state index contributed by atoms with van der Waals surface area (Å²) in [5.41, 5.74) is 3.11.